The van der Waals surface area contributed by atoms with Crippen LogP contribution in [0.5, 0.6) is 5.75 Å². The van der Waals surface area contributed by atoms with Crippen molar-refractivity contribution in [3.05, 3.63) is 64.7 Å². The molecule has 0 bridgehead atoms. The van der Waals surface area contributed by atoms with Crippen LogP contribution in [-0.2, 0) is 4.79 Å². The molecule has 0 atom stereocenters. The van der Waals surface area contributed by atoms with Gasteiger partial charge >= 0.3 is 0 Å². The van der Waals surface area contributed by atoms with E-state index in [9.17, 15) is 9.59 Å². The fourth-order valence-electron chi connectivity index (χ4n) is 1.95. The second kappa shape index (κ2) is 8.93. The fourth-order valence-corrected chi connectivity index (χ4v) is 2.14. The molecule has 2 aromatic rings. The first-order valence-electron chi connectivity index (χ1n) is 7.54. The van der Waals surface area contributed by atoms with E-state index in [1.165, 1.54) is 0 Å². The highest BCUT2D eigenvalue weighted by molar-refractivity contribution is 6.30. The van der Waals surface area contributed by atoms with Crippen LogP contribution in [0, 0.1) is 6.92 Å². The van der Waals surface area contributed by atoms with Gasteiger partial charge in [0.2, 0.25) is 5.91 Å². The van der Waals surface area contributed by atoms with Crippen molar-refractivity contribution in [2.24, 2.45) is 0 Å². The van der Waals surface area contributed by atoms with E-state index in [0.717, 1.165) is 11.3 Å². The molecule has 2 rings (SSSR count). The zero-order chi connectivity index (χ0) is 17.4. The van der Waals surface area contributed by atoms with Crippen LogP contribution in [0.15, 0.2) is 48.5 Å². The van der Waals surface area contributed by atoms with Crippen molar-refractivity contribution in [1.82, 2.24) is 10.6 Å². The van der Waals surface area contributed by atoms with Gasteiger partial charge in [0.15, 0.2) is 0 Å². The summed E-state index contributed by atoms with van der Waals surface area (Å²) in [5, 5.41) is 5.69. The van der Waals surface area contributed by atoms with Gasteiger partial charge in [-0.1, -0.05) is 35.4 Å². The smallest absolute Gasteiger partial charge is 0.251 e. The molecular weight excluding hydrogens is 328 g/mol. The molecule has 2 amide bonds. The summed E-state index contributed by atoms with van der Waals surface area (Å²) in [6, 6.07) is 14.2. The predicted octanol–water partition coefficient (Wildman–Crippen LogP) is 2.57. The number of amides is 2. The van der Waals surface area contributed by atoms with E-state index in [4.69, 9.17) is 16.3 Å². The Morgan fingerprint density at radius 1 is 1.08 bits per heavy atom. The van der Waals surface area contributed by atoms with Crippen molar-refractivity contribution >= 4 is 23.4 Å². The minimum Gasteiger partial charge on any atom is -0.492 e. The average Bonchev–Trinajstić information content (AvgIpc) is 2.58. The van der Waals surface area contributed by atoms with Gasteiger partial charge < -0.3 is 15.4 Å². The maximum Gasteiger partial charge on any atom is 0.251 e. The lowest BCUT2D eigenvalue weighted by Gasteiger charge is -2.09. The van der Waals surface area contributed by atoms with Gasteiger partial charge in [0.25, 0.3) is 5.91 Å². The summed E-state index contributed by atoms with van der Waals surface area (Å²) in [7, 11) is 0. The third kappa shape index (κ3) is 5.93. The van der Waals surface area contributed by atoms with Gasteiger partial charge in [-0.05, 0) is 37.3 Å². The maximum atomic E-state index is 11.9. The largest absolute Gasteiger partial charge is 0.492 e. The van der Waals surface area contributed by atoms with Crippen LogP contribution in [0.2, 0.25) is 5.02 Å². The number of nitrogens with one attached hydrogen (secondary N) is 2. The fraction of sp³-hybridized carbons (Fsp3) is 0.222. The summed E-state index contributed by atoms with van der Waals surface area (Å²) in [6.07, 6.45) is 0. The van der Waals surface area contributed by atoms with E-state index in [2.05, 4.69) is 10.6 Å². The quantitative estimate of drug-likeness (QED) is 0.757. The van der Waals surface area contributed by atoms with Crippen LogP contribution in [-0.4, -0.2) is 31.5 Å². The number of aryl methyl sites for hydroxylation is 1. The summed E-state index contributed by atoms with van der Waals surface area (Å²) >= 11 is 5.82. The highest BCUT2D eigenvalue weighted by Crippen LogP contribution is 2.11. The number of hydrogen-bond donors (Lipinski definition) is 2. The van der Waals surface area contributed by atoms with Crippen molar-refractivity contribution < 1.29 is 14.3 Å². The molecule has 0 unspecified atom stereocenters. The first kappa shape index (κ1) is 17.8. The van der Waals surface area contributed by atoms with Crippen LogP contribution < -0.4 is 15.4 Å². The van der Waals surface area contributed by atoms with Crippen molar-refractivity contribution in [3.63, 3.8) is 0 Å². The van der Waals surface area contributed by atoms with E-state index < -0.39 is 0 Å². The van der Waals surface area contributed by atoms with Crippen molar-refractivity contribution in [2.75, 3.05) is 19.7 Å². The number of hydrogen-bond acceptors (Lipinski definition) is 3. The Bertz CT molecular complexity index is 702. The number of carbonyl (C=O) groups is 2. The molecule has 0 heterocycles. The normalized spacial score (nSPS) is 10.1. The number of ether oxygens (including phenoxy) is 1. The molecule has 24 heavy (non-hydrogen) atoms. The van der Waals surface area contributed by atoms with Gasteiger partial charge in [-0.15, -0.1) is 0 Å². The van der Waals surface area contributed by atoms with Gasteiger partial charge in [-0.2, -0.15) is 0 Å². The van der Waals surface area contributed by atoms with Crippen molar-refractivity contribution in [3.8, 4) is 5.75 Å². The van der Waals surface area contributed by atoms with Crippen LogP contribution in [0.25, 0.3) is 0 Å². The van der Waals surface area contributed by atoms with Gasteiger partial charge in [0.1, 0.15) is 12.4 Å². The molecule has 0 aromatic heterocycles. The van der Waals surface area contributed by atoms with Crippen LogP contribution >= 0.6 is 11.6 Å². The van der Waals surface area contributed by atoms with E-state index in [0.29, 0.717) is 23.7 Å². The topological polar surface area (TPSA) is 67.4 Å². The van der Waals surface area contributed by atoms with Gasteiger partial charge in [-0.3, -0.25) is 9.59 Å². The molecule has 0 aliphatic carbocycles. The molecule has 0 spiro atoms. The average molecular weight is 347 g/mol. The van der Waals surface area contributed by atoms with Crippen molar-refractivity contribution in [1.29, 1.82) is 0 Å². The summed E-state index contributed by atoms with van der Waals surface area (Å²) in [6.45, 7) is 2.62. The van der Waals surface area contributed by atoms with Crippen LogP contribution in [0.3, 0.4) is 0 Å². The minimum atomic E-state index is -0.344. The Morgan fingerprint density at radius 2 is 1.83 bits per heavy atom. The second-order valence-corrected chi connectivity index (χ2v) is 5.64. The maximum absolute atomic E-state index is 11.9. The molecule has 2 N–H and O–H groups in total. The Kier molecular flexibility index (Phi) is 6.63. The SMILES string of the molecule is Cc1ccc(OCCNC(=O)CNC(=O)c2cccc(Cl)c2)cc1. The van der Waals surface area contributed by atoms with E-state index in [-0.39, 0.29) is 18.4 Å². The molecule has 126 valence electrons. The highest BCUT2D eigenvalue weighted by Gasteiger charge is 2.08. The molecule has 6 heteroatoms. The standard InChI is InChI=1S/C18H19ClN2O3/c1-13-5-7-16(8-6-13)24-10-9-20-17(22)12-21-18(23)14-3-2-4-15(19)11-14/h2-8,11H,9-10,12H2,1H3,(H,20,22)(H,21,23). The van der Waals surface area contributed by atoms with E-state index >= 15 is 0 Å². The van der Waals surface area contributed by atoms with Gasteiger partial charge in [0, 0.05) is 10.6 Å². The Morgan fingerprint density at radius 3 is 2.54 bits per heavy atom. The Labute approximate surface area is 146 Å². The molecule has 0 aliphatic heterocycles. The lowest BCUT2D eigenvalue weighted by Crippen LogP contribution is -2.38. The van der Waals surface area contributed by atoms with Gasteiger partial charge in [-0.25, -0.2) is 0 Å². The Balaban J connectivity index is 1.64. The number of benzene rings is 2. The van der Waals surface area contributed by atoms with E-state index in [1.807, 2.05) is 31.2 Å². The van der Waals surface area contributed by atoms with E-state index in [1.54, 1.807) is 24.3 Å². The molecule has 0 fully saturated rings. The molecular formula is C18H19ClN2O3. The monoisotopic (exact) mass is 346 g/mol. The molecule has 0 saturated heterocycles. The molecule has 5 nitrogen and oxygen atoms in total. The van der Waals surface area contributed by atoms with Crippen LogP contribution in [0.1, 0.15) is 15.9 Å². The molecule has 0 radical (unpaired) electrons. The zero-order valence-corrected chi connectivity index (χ0v) is 14.1. The lowest BCUT2D eigenvalue weighted by atomic mass is 10.2. The van der Waals surface area contributed by atoms with Gasteiger partial charge in [0.05, 0.1) is 13.1 Å². The molecule has 0 saturated carbocycles. The third-order valence-corrected chi connectivity index (χ3v) is 3.45. The lowest BCUT2D eigenvalue weighted by molar-refractivity contribution is -0.120. The Hall–Kier alpha value is -2.53. The van der Waals surface area contributed by atoms with Crippen LogP contribution in [0.4, 0.5) is 0 Å². The predicted molar refractivity (Wildman–Crippen MR) is 93.5 cm³/mol. The molecule has 0 aliphatic rings. The molecule has 2 aromatic carbocycles. The first-order valence-corrected chi connectivity index (χ1v) is 7.92. The summed E-state index contributed by atoms with van der Waals surface area (Å²) in [4.78, 5) is 23.6. The van der Waals surface area contributed by atoms with Crippen molar-refractivity contribution in [2.45, 2.75) is 6.92 Å². The highest BCUT2D eigenvalue weighted by atomic mass is 35.5. The number of halogens is 1. The zero-order valence-electron chi connectivity index (χ0n) is 13.3. The summed E-state index contributed by atoms with van der Waals surface area (Å²) in [5.41, 5.74) is 1.57. The third-order valence-electron chi connectivity index (χ3n) is 3.21. The first-order chi connectivity index (χ1) is 11.5. The number of rotatable bonds is 7. The summed E-state index contributed by atoms with van der Waals surface area (Å²) in [5.74, 6) is 0.130. The summed E-state index contributed by atoms with van der Waals surface area (Å²) < 4.78 is 5.50. The second-order valence-electron chi connectivity index (χ2n) is 5.20. The number of carbonyl (C=O) groups excluding carboxylic acids is 2. The minimum absolute atomic E-state index is 0.101.